The minimum Gasteiger partial charge on any atom is -0.381 e. The van der Waals surface area contributed by atoms with Crippen LogP contribution < -0.4 is 4.98 Å². The lowest BCUT2D eigenvalue weighted by Gasteiger charge is -2.26. The van der Waals surface area contributed by atoms with Crippen LogP contribution in [0.25, 0.3) is 11.0 Å². The quantitative estimate of drug-likeness (QED) is 0.673. The average molecular weight is 399 g/mol. The molecular weight excluding hydrogens is 370 g/mol. The van der Waals surface area contributed by atoms with Gasteiger partial charge in [0.25, 0.3) is 0 Å². The van der Waals surface area contributed by atoms with E-state index in [2.05, 4.69) is 36.4 Å². The maximum absolute atomic E-state index is 12.9. The summed E-state index contributed by atoms with van der Waals surface area (Å²) in [7, 11) is -1.21. The van der Waals surface area contributed by atoms with Gasteiger partial charge in [-0.05, 0) is 37.0 Å². The molecule has 3 aromatic rings. The van der Waals surface area contributed by atoms with Gasteiger partial charge in [0, 0.05) is 42.2 Å². The first-order valence-electron chi connectivity index (χ1n) is 9.90. The minimum atomic E-state index is -1.21. The SMILES string of the molecule is CC(C)(C)c1nc2cc(S(=O)c3cc[nH+]cc3)ccc2n1CC1CCOCC1. The van der Waals surface area contributed by atoms with Crippen molar-refractivity contribution >= 4 is 21.8 Å². The summed E-state index contributed by atoms with van der Waals surface area (Å²) in [5.41, 5.74) is 1.99. The molecule has 148 valence electrons. The average Bonchev–Trinajstić information content (AvgIpc) is 3.07. The molecule has 1 aliphatic rings. The Morgan fingerprint density at radius 2 is 1.86 bits per heavy atom. The van der Waals surface area contributed by atoms with Gasteiger partial charge in [0.1, 0.15) is 5.82 Å². The van der Waals surface area contributed by atoms with Crippen molar-refractivity contribution in [3.63, 3.8) is 0 Å². The number of hydrogen-bond donors (Lipinski definition) is 0. The third-order valence-corrected chi connectivity index (χ3v) is 6.67. The predicted molar refractivity (Wildman–Crippen MR) is 110 cm³/mol. The first-order valence-corrected chi connectivity index (χ1v) is 11.0. The van der Waals surface area contributed by atoms with Crippen LogP contribution in [0.5, 0.6) is 0 Å². The largest absolute Gasteiger partial charge is 0.381 e. The molecule has 0 amide bonds. The van der Waals surface area contributed by atoms with E-state index in [9.17, 15) is 4.21 Å². The Hall–Kier alpha value is -2.05. The molecule has 0 aliphatic carbocycles. The summed E-state index contributed by atoms with van der Waals surface area (Å²) in [6.07, 6.45) is 5.78. The molecule has 1 saturated heterocycles. The molecule has 1 fully saturated rings. The van der Waals surface area contributed by atoms with E-state index in [0.29, 0.717) is 5.92 Å². The van der Waals surface area contributed by atoms with Crippen LogP contribution in [0.4, 0.5) is 0 Å². The number of hydrogen-bond acceptors (Lipinski definition) is 3. The molecule has 3 heterocycles. The first-order chi connectivity index (χ1) is 13.4. The summed E-state index contributed by atoms with van der Waals surface area (Å²) >= 11 is 0. The van der Waals surface area contributed by atoms with E-state index in [0.717, 1.165) is 59.2 Å². The second-order valence-electron chi connectivity index (χ2n) is 8.51. The van der Waals surface area contributed by atoms with Crippen LogP contribution >= 0.6 is 0 Å². The predicted octanol–water partition coefficient (Wildman–Crippen LogP) is 3.74. The number of H-pyrrole nitrogens is 1. The summed E-state index contributed by atoms with van der Waals surface area (Å²) in [4.78, 5) is 9.53. The van der Waals surface area contributed by atoms with Gasteiger partial charge in [-0.25, -0.2) is 14.2 Å². The van der Waals surface area contributed by atoms with Crippen LogP contribution in [-0.2, 0) is 27.5 Å². The Bertz CT molecular complexity index is 986. The van der Waals surface area contributed by atoms with E-state index in [1.807, 2.05) is 24.3 Å². The van der Waals surface area contributed by atoms with Crippen molar-refractivity contribution < 1.29 is 13.9 Å². The number of nitrogens with zero attached hydrogens (tertiary/aromatic N) is 2. The van der Waals surface area contributed by atoms with E-state index < -0.39 is 10.8 Å². The summed E-state index contributed by atoms with van der Waals surface area (Å²) < 4.78 is 20.8. The Morgan fingerprint density at radius 3 is 2.54 bits per heavy atom. The molecule has 0 bridgehead atoms. The van der Waals surface area contributed by atoms with Crippen LogP contribution in [0.1, 0.15) is 39.4 Å². The van der Waals surface area contributed by atoms with Crippen molar-refractivity contribution in [2.75, 3.05) is 13.2 Å². The number of fused-ring (bicyclic) bond motifs is 1. The highest BCUT2D eigenvalue weighted by Gasteiger charge is 2.25. The van der Waals surface area contributed by atoms with Gasteiger partial charge in [0.15, 0.2) is 12.4 Å². The molecule has 2 aromatic heterocycles. The molecule has 1 unspecified atom stereocenters. The third-order valence-electron chi connectivity index (χ3n) is 5.29. The molecule has 28 heavy (non-hydrogen) atoms. The van der Waals surface area contributed by atoms with Crippen molar-refractivity contribution in [1.82, 2.24) is 9.55 Å². The van der Waals surface area contributed by atoms with E-state index in [1.54, 1.807) is 12.4 Å². The van der Waals surface area contributed by atoms with Crippen LogP contribution in [0.2, 0.25) is 0 Å². The Morgan fingerprint density at radius 1 is 1.14 bits per heavy atom. The zero-order valence-electron chi connectivity index (χ0n) is 16.8. The van der Waals surface area contributed by atoms with Gasteiger partial charge in [-0.2, -0.15) is 0 Å². The van der Waals surface area contributed by atoms with Crippen molar-refractivity contribution in [3.8, 4) is 0 Å². The highest BCUT2D eigenvalue weighted by atomic mass is 32.2. The fourth-order valence-corrected chi connectivity index (χ4v) is 4.87. The second kappa shape index (κ2) is 7.76. The lowest BCUT2D eigenvalue weighted by atomic mass is 9.94. The lowest BCUT2D eigenvalue weighted by Crippen LogP contribution is -2.25. The number of aromatic nitrogens is 3. The highest BCUT2D eigenvalue weighted by Crippen LogP contribution is 2.30. The molecule has 1 aromatic carbocycles. The molecular formula is C22H28N3O2S+. The van der Waals surface area contributed by atoms with E-state index in [-0.39, 0.29) is 5.41 Å². The van der Waals surface area contributed by atoms with Crippen LogP contribution in [-0.4, -0.2) is 27.0 Å². The monoisotopic (exact) mass is 398 g/mol. The fourth-order valence-electron chi connectivity index (χ4n) is 3.80. The van der Waals surface area contributed by atoms with Crippen molar-refractivity contribution in [3.05, 3.63) is 48.5 Å². The molecule has 5 nitrogen and oxygen atoms in total. The number of aromatic amines is 1. The number of imidazole rings is 1. The zero-order chi connectivity index (χ0) is 19.7. The summed E-state index contributed by atoms with van der Waals surface area (Å²) in [6.45, 7) is 9.26. The Kier molecular flexibility index (Phi) is 5.34. The normalized spacial score (nSPS) is 17.1. The van der Waals surface area contributed by atoms with Gasteiger partial charge in [-0.1, -0.05) is 20.8 Å². The smallest absolute Gasteiger partial charge is 0.168 e. The van der Waals surface area contributed by atoms with Crippen LogP contribution in [0.15, 0.2) is 52.5 Å². The van der Waals surface area contributed by atoms with Crippen molar-refractivity contribution in [1.29, 1.82) is 0 Å². The third kappa shape index (κ3) is 3.89. The van der Waals surface area contributed by atoms with E-state index in [1.165, 1.54) is 0 Å². The van der Waals surface area contributed by atoms with E-state index in [4.69, 9.17) is 9.72 Å². The van der Waals surface area contributed by atoms with Crippen molar-refractivity contribution in [2.24, 2.45) is 5.92 Å². The molecule has 1 aliphatic heterocycles. The molecule has 1 atom stereocenters. The van der Waals surface area contributed by atoms with Gasteiger partial charge in [-0.15, -0.1) is 0 Å². The number of nitrogens with one attached hydrogen (secondary N) is 1. The summed E-state index contributed by atoms with van der Waals surface area (Å²) in [6, 6.07) is 9.75. The number of rotatable bonds is 4. The van der Waals surface area contributed by atoms with Gasteiger partial charge in [0.05, 0.1) is 26.7 Å². The molecule has 6 heteroatoms. The Balaban J connectivity index is 1.74. The van der Waals surface area contributed by atoms with Crippen LogP contribution in [0.3, 0.4) is 0 Å². The van der Waals surface area contributed by atoms with E-state index >= 15 is 0 Å². The standard InChI is InChI=1S/C22H27N3O2S/c1-22(2,3)21-24-19-14-18(28(26)17-6-10-23-11-7-17)4-5-20(19)25(21)15-16-8-12-27-13-9-16/h4-7,10-11,14,16H,8-9,12-13,15H2,1-3H3/p+1. The lowest BCUT2D eigenvalue weighted by molar-refractivity contribution is -0.378. The minimum absolute atomic E-state index is 0.0568. The number of ether oxygens (including phenoxy) is 1. The topological polar surface area (TPSA) is 58.3 Å². The van der Waals surface area contributed by atoms with Gasteiger partial charge in [-0.3, -0.25) is 0 Å². The number of pyridine rings is 1. The highest BCUT2D eigenvalue weighted by molar-refractivity contribution is 7.85. The fraction of sp³-hybridized carbons (Fsp3) is 0.455. The van der Waals surface area contributed by atoms with Gasteiger partial charge < -0.3 is 9.30 Å². The molecule has 1 N–H and O–H groups in total. The molecule has 4 rings (SSSR count). The molecule has 0 spiro atoms. The maximum Gasteiger partial charge on any atom is 0.168 e. The first kappa shape index (κ1) is 19.3. The second-order valence-corrected chi connectivity index (χ2v) is 9.99. The van der Waals surface area contributed by atoms with Crippen molar-refractivity contribution in [2.45, 2.75) is 55.4 Å². The Labute approximate surface area is 168 Å². The summed E-state index contributed by atoms with van der Waals surface area (Å²) in [5.74, 6) is 1.70. The maximum atomic E-state index is 12.9. The molecule has 0 radical (unpaired) electrons. The zero-order valence-corrected chi connectivity index (χ0v) is 17.6. The van der Waals surface area contributed by atoms with Gasteiger partial charge in [0.2, 0.25) is 0 Å². The molecule has 0 saturated carbocycles. The summed E-state index contributed by atoms with van der Waals surface area (Å²) in [5, 5.41) is 0. The van der Waals surface area contributed by atoms with Crippen LogP contribution in [0, 0.1) is 5.92 Å². The number of benzene rings is 1. The van der Waals surface area contributed by atoms with Gasteiger partial charge >= 0.3 is 0 Å².